The highest BCUT2D eigenvalue weighted by molar-refractivity contribution is 5.93. The van der Waals surface area contributed by atoms with Gasteiger partial charge in [0.1, 0.15) is 5.75 Å². The fraction of sp³-hybridized carbons (Fsp3) is 0.227. The van der Waals surface area contributed by atoms with Crippen molar-refractivity contribution in [1.82, 2.24) is 15.3 Å². The van der Waals surface area contributed by atoms with Gasteiger partial charge in [0, 0.05) is 12.4 Å². The quantitative estimate of drug-likeness (QED) is 0.635. The molecule has 6 heteroatoms. The van der Waals surface area contributed by atoms with Gasteiger partial charge in [0.25, 0.3) is 5.91 Å². The van der Waals surface area contributed by atoms with Crippen molar-refractivity contribution < 1.29 is 9.53 Å². The molecule has 1 amide bonds. The molecule has 0 aliphatic rings. The van der Waals surface area contributed by atoms with Crippen molar-refractivity contribution in [2.24, 2.45) is 0 Å². The molecule has 0 saturated carbocycles. The Kier molecular flexibility index (Phi) is 6.22. The monoisotopic (exact) mass is 376 g/mol. The maximum Gasteiger partial charge on any atom is 0.254 e. The number of anilines is 2. The topological polar surface area (TPSA) is 76.1 Å². The van der Waals surface area contributed by atoms with Gasteiger partial charge in [-0.05, 0) is 38.5 Å². The SMILES string of the molecule is CC(C)Oc1ccccc1Nc1ncc(C(=O)NC(C)c2ccccc2)cn1. The van der Waals surface area contributed by atoms with Crippen LogP contribution < -0.4 is 15.4 Å². The van der Waals surface area contributed by atoms with Crippen molar-refractivity contribution in [2.75, 3.05) is 5.32 Å². The Balaban J connectivity index is 1.66. The number of hydrogen-bond acceptors (Lipinski definition) is 5. The van der Waals surface area contributed by atoms with E-state index < -0.39 is 0 Å². The van der Waals surface area contributed by atoms with Crippen LogP contribution in [-0.2, 0) is 0 Å². The highest BCUT2D eigenvalue weighted by Gasteiger charge is 2.13. The number of nitrogens with zero attached hydrogens (tertiary/aromatic N) is 2. The summed E-state index contributed by atoms with van der Waals surface area (Å²) in [5, 5.41) is 6.08. The molecule has 0 spiro atoms. The Morgan fingerprint density at radius 3 is 2.25 bits per heavy atom. The average Bonchev–Trinajstić information content (AvgIpc) is 2.70. The highest BCUT2D eigenvalue weighted by atomic mass is 16.5. The zero-order chi connectivity index (χ0) is 19.9. The number of benzene rings is 2. The van der Waals surface area contributed by atoms with Crippen LogP contribution in [0.1, 0.15) is 42.7 Å². The van der Waals surface area contributed by atoms with E-state index in [1.54, 1.807) is 0 Å². The molecular formula is C22H24N4O2. The number of carbonyl (C=O) groups excluding carboxylic acids is 1. The second-order valence-corrected chi connectivity index (χ2v) is 6.69. The minimum absolute atomic E-state index is 0.0570. The van der Waals surface area contributed by atoms with E-state index in [1.807, 2.05) is 75.4 Å². The Labute approximate surface area is 165 Å². The minimum atomic E-state index is -0.216. The van der Waals surface area contributed by atoms with Crippen LogP contribution in [0, 0.1) is 0 Å². The molecule has 0 aliphatic carbocycles. The lowest BCUT2D eigenvalue weighted by atomic mass is 10.1. The van der Waals surface area contributed by atoms with Crippen molar-refractivity contribution >= 4 is 17.5 Å². The molecule has 1 heterocycles. The van der Waals surface area contributed by atoms with Crippen molar-refractivity contribution in [2.45, 2.75) is 32.9 Å². The number of hydrogen-bond donors (Lipinski definition) is 2. The second-order valence-electron chi connectivity index (χ2n) is 6.69. The van der Waals surface area contributed by atoms with Crippen molar-refractivity contribution in [3.8, 4) is 5.75 Å². The third-order valence-corrected chi connectivity index (χ3v) is 4.06. The van der Waals surface area contributed by atoms with E-state index in [2.05, 4.69) is 20.6 Å². The maximum absolute atomic E-state index is 12.4. The zero-order valence-corrected chi connectivity index (χ0v) is 16.2. The maximum atomic E-state index is 12.4. The van der Waals surface area contributed by atoms with Gasteiger partial charge in [0.05, 0.1) is 23.4 Å². The summed E-state index contributed by atoms with van der Waals surface area (Å²) in [4.78, 5) is 21.0. The molecule has 0 aliphatic heterocycles. The molecule has 6 nitrogen and oxygen atoms in total. The predicted octanol–water partition coefficient (Wildman–Crippen LogP) is 4.50. The molecule has 0 saturated heterocycles. The summed E-state index contributed by atoms with van der Waals surface area (Å²) < 4.78 is 5.78. The molecule has 0 radical (unpaired) electrons. The molecule has 3 rings (SSSR count). The Morgan fingerprint density at radius 1 is 0.929 bits per heavy atom. The molecule has 1 atom stereocenters. The summed E-state index contributed by atoms with van der Waals surface area (Å²) in [6, 6.07) is 17.3. The van der Waals surface area contributed by atoms with Gasteiger partial charge in [-0.3, -0.25) is 4.79 Å². The molecule has 28 heavy (non-hydrogen) atoms. The highest BCUT2D eigenvalue weighted by Crippen LogP contribution is 2.26. The van der Waals surface area contributed by atoms with Gasteiger partial charge in [-0.15, -0.1) is 0 Å². The summed E-state index contributed by atoms with van der Waals surface area (Å²) in [5.74, 6) is 0.901. The first-order valence-corrected chi connectivity index (χ1v) is 9.23. The molecule has 2 N–H and O–H groups in total. The molecule has 0 fully saturated rings. The fourth-order valence-electron chi connectivity index (χ4n) is 2.66. The first kappa shape index (κ1) is 19.4. The second kappa shape index (κ2) is 8.99. The van der Waals surface area contributed by atoms with E-state index in [9.17, 15) is 4.79 Å². The third-order valence-electron chi connectivity index (χ3n) is 4.06. The zero-order valence-electron chi connectivity index (χ0n) is 16.2. The van der Waals surface area contributed by atoms with Gasteiger partial charge in [0.2, 0.25) is 5.95 Å². The number of amides is 1. The number of nitrogens with one attached hydrogen (secondary N) is 2. The van der Waals surface area contributed by atoms with Gasteiger partial charge >= 0.3 is 0 Å². The lowest BCUT2D eigenvalue weighted by molar-refractivity contribution is 0.0939. The third kappa shape index (κ3) is 5.07. The van der Waals surface area contributed by atoms with E-state index in [4.69, 9.17) is 4.74 Å². The van der Waals surface area contributed by atoms with Gasteiger partial charge in [-0.25, -0.2) is 9.97 Å². The van der Waals surface area contributed by atoms with Gasteiger partial charge in [-0.2, -0.15) is 0 Å². The average molecular weight is 376 g/mol. The normalized spacial score (nSPS) is 11.7. The van der Waals surface area contributed by atoms with Crippen molar-refractivity contribution in [3.63, 3.8) is 0 Å². The van der Waals surface area contributed by atoms with Crippen LogP contribution in [0.2, 0.25) is 0 Å². The first-order valence-electron chi connectivity index (χ1n) is 9.23. The molecular weight excluding hydrogens is 352 g/mol. The Hall–Kier alpha value is -3.41. The molecule has 3 aromatic rings. The Morgan fingerprint density at radius 2 is 1.57 bits per heavy atom. The van der Waals surface area contributed by atoms with E-state index in [0.29, 0.717) is 11.5 Å². The number of carbonyl (C=O) groups is 1. The lowest BCUT2D eigenvalue weighted by Gasteiger charge is -2.15. The van der Waals surface area contributed by atoms with Gasteiger partial charge in [-0.1, -0.05) is 42.5 Å². The Bertz CT molecular complexity index is 911. The van der Waals surface area contributed by atoms with Crippen LogP contribution >= 0.6 is 0 Å². The molecule has 144 valence electrons. The first-order chi connectivity index (χ1) is 13.5. The van der Waals surface area contributed by atoms with Crippen LogP contribution in [-0.4, -0.2) is 22.0 Å². The number of para-hydroxylation sites is 2. The van der Waals surface area contributed by atoms with E-state index in [1.165, 1.54) is 12.4 Å². The summed E-state index contributed by atoms with van der Waals surface area (Å²) >= 11 is 0. The number of ether oxygens (including phenoxy) is 1. The summed E-state index contributed by atoms with van der Waals surface area (Å²) in [6.07, 6.45) is 3.07. The van der Waals surface area contributed by atoms with Crippen LogP contribution in [0.3, 0.4) is 0 Å². The molecule has 2 aromatic carbocycles. The predicted molar refractivity (Wildman–Crippen MR) is 110 cm³/mol. The largest absolute Gasteiger partial charge is 0.489 e. The van der Waals surface area contributed by atoms with Gasteiger partial charge < -0.3 is 15.4 Å². The minimum Gasteiger partial charge on any atom is -0.489 e. The molecule has 1 aromatic heterocycles. The van der Waals surface area contributed by atoms with E-state index >= 15 is 0 Å². The van der Waals surface area contributed by atoms with Crippen LogP contribution in [0.25, 0.3) is 0 Å². The summed E-state index contributed by atoms with van der Waals surface area (Å²) in [7, 11) is 0. The number of rotatable bonds is 7. The van der Waals surface area contributed by atoms with Crippen molar-refractivity contribution in [3.05, 3.63) is 78.1 Å². The standard InChI is InChI=1S/C22H24N4O2/c1-15(2)28-20-12-8-7-11-19(20)26-22-23-13-18(14-24-22)21(27)25-16(3)17-9-5-4-6-10-17/h4-16H,1-3H3,(H,25,27)(H,23,24,26). The van der Waals surface area contributed by atoms with Crippen LogP contribution in [0.5, 0.6) is 5.75 Å². The van der Waals surface area contributed by atoms with E-state index in [0.717, 1.165) is 17.0 Å². The smallest absolute Gasteiger partial charge is 0.254 e. The van der Waals surface area contributed by atoms with Crippen LogP contribution in [0.15, 0.2) is 67.0 Å². The van der Waals surface area contributed by atoms with Gasteiger partial charge in [0.15, 0.2) is 0 Å². The van der Waals surface area contributed by atoms with Crippen molar-refractivity contribution in [1.29, 1.82) is 0 Å². The van der Waals surface area contributed by atoms with E-state index in [-0.39, 0.29) is 18.1 Å². The molecule has 0 bridgehead atoms. The number of aromatic nitrogens is 2. The summed E-state index contributed by atoms with van der Waals surface area (Å²) in [6.45, 7) is 5.88. The fourth-order valence-corrected chi connectivity index (χ4v) is 2.66. The lowest BCUT2D eigenvalue weighted by Crippen LogP contribution is -2.26. The summed E-state index contributed by atoms with van der Waals surface area (Å²) in [5.41, 5.74) is 2.21. The van der Waals surface area contributed by atoms with Crippen LogP contribution in [0.4, 0.5) is 11.6 Å². The molecule has 1 unspecified atom stereocenters.